The van der Waals surface area contributed by atoms with Crippen molar-refractivity contribution in [1.82, 2.24) is 0 Å². The molecule has 3 saturated carbocycles. The molecule has 1 heteroatoms. The van der Waals surface area contributed by atoms with E-state index in [0.717, 1.165) is 30.1 Å². The normalized spacial score (nSPS) is 62.1. The second kappa shape index (κ2) is 2.68. The van der Waals surface area contributed by atoms with E-state index in [4.69, 9.17) is 0 Å². The maximum atomic E-state index is 10.7. The molecule has 84 valence electrons. The van der Waals surface area contributed by atoms with Crippen LogP contribution in [-0.2, 0) is 0 Å². The summed E-state index contributed by atoms with van der Waals surface area (Å²) in [7, 11) is 0. The Hall–Kier alpha value is -0.300. The first kappa shape index (κ1) is 9.89. The van der Waals surface area contributed by atoms with E-state index in [1.54, 1.807) is 0 Å². The van der Waals surface area contributed by atoms with E-state index in [0.29, 0.717) is 0 Å². The van der Waals surface area contributed by atoms with Crippen LogP contribution in [0.2, 0.25) is 0 Å². The van der Waals surface area contributed by atoms with Crippen molar-refractivity contribution < 1.29 is 5.11 Å². The summed E-state index contributed by atoms with van der Waals surface area (Å²) in [5.41, 5.74) is -0.447. The number of hydrogen-bond acceptors (Lipinski definition) is 1. The first-order chi connectivity index (χ1) is 7.02. The van der Waals surface area contributed by atoms with Crippen LogP contribution >= 0.6 is 0 Å². The SMILES string of the molecule is C=CC1(O)CC2CC1(C)C1C(C)CCC21. The molecule has 0 aliphatic heterocycles. The highest BCUT2D eigenvalue weighted by molar-refractivity contribution is 5.22. The van der Waals surface area contributed by atoms with Gasteiger partial charge in [-0.2, -0.15) is 0 Å². The Morgan fingerprint density at radius 3 is 2.73 bits per heavy atom. The second-order valence-corrected chi connectivity index (χ2v) is 6.46. The van der Waals surface area contributed by atoms with Gasteiger partial charge in [-0.3, -0.25) is 0 Å². The fourth-order valence-corrected chi connectivity index (χ4v) is 5.34. The summed E-state index contributed by atoms with van der Waals surface area (Å²) in [6.45, 7) is 8.55. The van der Waals surface area contributed by atoms with Crippen molar-refractivity contribution in [2.45, 2.75) is 45.1 Å². The third-order valence-electron chi connectivity index (χ3n) is 5.96. The minimum Gasteiger partial charge on any atom is -0.385 e. The molecule has 2 bridgehead atoms. The van der Waals surface area contributed by atoms with Gasteiger partial charge in [0.15, 0.2) is 0 Å². The van der Waals surface area contributed by atoms with Gasteiger partial charge in [0, 0.05) is 5.41 Å². The molecule has 3 fully saturated rings. The quantitative estimate of drug-likeness (QED) is 0.654. The molecular weight excluding hydrogens is 184 g/mol. The highest BCUT2D eigenvalue weighted by Gasteiger charge is 2.67. The van der Waals surface area contributed by atoms with Crippen LogP contribution in [-0.4, -0.2) is 10.7 Å². The van der Waals surface area contributed by atoms with Crippen molar-refractivity contribution in [3.8, 4) is 0 Å². The van der Waals surface area contributed by atoms with E-state index in [1.807, 2.05) is 6.08 Å². The van der Waals surface area contributed by atoms with Gasteiger partial charge >= 0.3 is 0 Å². The summed E-state index contributed by atoms with van der Waals surface area (Å²) in [4.78, 5) is 0. The summed E-state index contributed by atoms with van der Waals surface area (Å²) in [5, 5.41) is 10.7. The lowest BCUT2D eigenvalue weighted by atomic mass is 9.62. The predicted octanol–water partition coefficient (Wildman–Crippen LogP) is 3.00. The van der Waals surface area contributed by atoms with Crippen molar-refractivity contribution in [3.05, 3.63) is 12.7 Å². The average Bonchev–Trinajstić information content (AvgIpc) is 2.76. The van der Waals surface area contributed by atoms with Gasteiger partial charge in [0.2, 0.25) is 0 Å². The maximum Gasteiger partial charge on any atom is 0.0884 e. The molecular formula is C14H22O. The molecule has 1 N–H and O–H groups in total. The number of hydrogen-bond donors (Lipinski definition) is 1. The molecule has 0 radical (unpaired) electrons. The molecule has 3 aliphatic carbocycles. The Morgan fingerprint density at radius 1 is 1.33 bits per heavy atom. The molecule has 0 heterocycles. The highest BCUT2D eigenvalue weighted by atomic mass is 16.3. The van der Waals surface area contributed by atoms with Gasteiger partial charge in [-0.15, -0.1) is 6.58 Å². The Bertz CT molecular complexity index is 310. The lowest BCUT2D eigenvalue weighted by Gasteiger charge is -2.46. The number of fused-ring (bicyclic) bond motifs is 5. The number of rotatable bonds is 1. The molecule has 0 spiro atoms. The van der Waals surface area contributed by atoms with Crippen LogP contribution in [0.1, 0.15) is 39.5 Å². The Kier molecular flexibility index (Phi) is 1.77. The zero-order chi connectivity index (χ0) is 10.8. The van der Waals surface area contributed by atoms with Crippen LogP contribution in [0.15, 0.2) is 12.7 Å². The van der Waals surface area contributed by atoms with Gasteiger partial charge in [-0.05, 0) is 42.9 Å². The van der Waals surface area contributed by atoms with Crippen molar-refractivity contribution in [1.29, 1.82) is 0 Å². The fraction of sp³-hybridized carbons (Fsp3) is 0.857. The summed E-state index contributed by atoms with van der Waals surface area (Å²) in [5.74, 6) is 3.23. The first-order valence-corrected chi connectivity index (χ1v) is 6.38. The van der Waals surface area contributed by atoms with E-state index in [2.05, 4.69) is 20.4 Å². The van der Waals surface area contributed by atoms with Crippen molar-refractivity contribution in [2.75, 3.05) is 0 Å². The van der Waals surface area contributed by atoms with Gasteiger partial charge in [0.25, 0.3) is 0 Å². The van der Waals surface area contributed by atoms with Crippen molar-refractivity contribution in [3.63, 3.8) is 0 Å². The van der Waals surface area contributed by atoms with Crippen LogP contribution in [0.25, 0.3) is 0 Å². The zero-order valence-corrected chi connectivity index (χ0v) is 9.87. The Balaban J connectivity index is 2.04. The molecule has 3 aliphatic rings. The molecule has 0 aromatic rings. The maximum absolute atomic E-state index is 10.7. The van der Waals surface area contributed by atoms with Crippen LogP contribution in [0.3, 0.4) is 0 Å². The molecule has 0 aromatic heterocycles. The van der Waals surface area contributed by atoms with Gasteiger partial charge in [-0.25, -0.2) is 0 Å². The van der Waals surface area contributed by atoms with Gasteiger partial charge in [0.05, 0.1) is 5.60 Å². The minimum atomic E-state index is -0.572. The standard InChI is InChI=1S/C14H22O/c1-4-14(15)8-10-7-13(14,3)12-9(2)5-6-11(10)12/h4,9-12,15H,1,5-8H2,2-3H3. The summed E-state index contributed by atoms with van der Waals surface area (Å²) < 4.78 is 0. The van der Waals surface area contributed by atoms with E-state index in [-0.39, 0.29) is 5.41 Å². The van der Waals surface area contributed by atoms with Gasteiger partial charge in [-0.1, -0.05) is 26.3 Å². The Labute approximate surface area is 92.6 Å². The van der Waals surface area contributed by atoms with Gasteiger partial charge in [0.1, 0.15) is 0 Å². The van der Waals surface area contributed by atoms with Crippen molar-refractivity contribution in [2.24, 2.45) is 29.1 Å². The predicted molar refractivity (Wildman–Crippen MR) is 61.4 cm³/mol. The van der Waals surface area contributed by atoms with E-state index >= 15 is 0 Å². The first-order valence-electron chi connectivity index (χ1n) is 6.38. The van der Waals surface area contributed by atoms with Crippen LogP contribution in [0.5, 0.6) is 0 Å². The highest BCUT2D eigenvalue weighted by Crippen LogP contribution is 2.70. The summed E-state index contributed by atoms with van der Waals surface area (Å²) >= 11 is 0. The lowest BCUT2D eigenvalue weighted by Crippen LogP contribution is -2.48. The molecule has 0 saturated heterocycles. The van der Waals surface area contributed by atoms with Crippen LogP contribution in [0, 0.1) is 29.1 Å². The molecule has 0 amide bonds. The van der Waals surface area contributed by atoms with Crippen LogP contribution < -0.4 is 0 Å². The monoisotopic (exact) mass is 206 g/mol. The topological polar surface area (TPSA) is 20.2 Å². The second-order valence-electron chi connectivity index (χ2n) is 6.46. The largest absolute Gasteiger partial charge is 0.385 e. The number of aliphatic hydroxyl groups is 1. The molecule has 0 aromatic carbocycles. The summed E-state index contributed by atoms with van der Waals surface area (Å²) in [6.07, 6.45) is 6.80. The molecule has 6 unspecified atom stereocenters. The van der Waals surface area contributed by atoms with Crippen molar-refractivity contribution >= 4 is 0 Å². The average molecular weight is 206 g/mol. The third kappa shape index (κ3) is 0.939. The third-order valence-corrected chi connectivity index (χ3v) is 5.96. The lowest BCUT2D eigenvalue weighted by molar-refractivity contribution is -0.0732. The Morgan fingerprint density at radius 2 is 2.07 bits per heavy atom. The molecule has 1 nitrogen and oxygen atoms in total. The minimum absolute atomic E-state index is 0.125. The van der Waals surface area contributed by atoms with E-state index in [9.17, 15) is 5.11 Å². The van der Waals surface area contributed by atoms with E-state index < -0.39 is 5.60 Å². The van der Waals surface area contributed by atoms with E-state index in [1.165, 1.54) is 19.3 Å². The summed E-state index contributed by atoms with van der Waals surface area (Å²) in [6, 6.07) is 0. The zero-order valence-electron chi connectivity index (χ0n) is 9.87. The molecule has 6 atom stereocenters. The molecule has 15 heavy (non-hydrogen) atoms. The van der Waals surface area contributed by atoms with Crippen LogP contribution in [0.4, 0.5) is 0 Å². The molecule has 3 rings (SSSR count). The smallest absolute Gasteiger partial charge is 0.0884 e. The van der Waals surface area contributed by atoms with Gasteiger partial charge < -0.3 is 5.11 Å². The fourth-order valence-electron chi connectivity index (χ4n) is 5.34.